The van der Waals surface area contributed by atoms with Crippen LogP contribution in [0.15, 0.2) is 42.5 Å². The highest BCUT2D eigenvalue weighted by Gasteiger charge is 2.22. The summed E-state index contributed by atoms with van der Waals surface area (Å²) < 4.78 is 0. The van der Waals surface area contributed by atoms with E-state index in [9.17, 15) is 4.79 Å². The normalized spacial score (nSPS) is 14.5. The average Bonchev–Trinajstić information content (AvgIpc) is 2.65. The SMILES string of the molecule is Cc1cc(C)cc(C(=O)N2CCN(C)c3ccccc3C2)c1. The van der Waals surface area contributed by atoms with Gasteiger partial charge in [0.05, 0.1) is 0 Å². The van der Waals surface area contributed by atoms with Crippen LogP contribution in [0.5, 0.6) is 0 Å². The molecular formula is C19H22N2O. The first-order valence-electron chi connectivity index (χ1n) is 7.71. The van der Waals surface area contributed by atoms with Crippen molar-refractivity contribution in [1.82, 2.24) is 4.90 Å². The van der Waals surface area contributed by atoms with E-state index >= 15 is 0 Å². The molecule has 0 aromatic heterocycles. The van der Waals surface area contributed by atoms with Crippen LogP contribution in [0.25, 0.3) is 0 Å². The zero-order valence-electron chi connectivity index (χ0n) is 13.5. The number of nitrogens with zero attached hydrogens (tertiary/aromatic N) is 2. The molecule has 2 aromatic carbocycles. The van der Waals surface area contributed by atoms with Crippen LogP contribution in [0, 0.1) is 13.8 Å². The second-order valence-corrected chi connectivity index (χ2v) is 6.15. The minimum atomic E-state index is 0.122. The molecule has 0 unspecified atom stereocenters. The molecule has 0 radical (unpaired) electrons. The summed E-state index contributed by atoms with van der Waals surface area (Å²) in [5.41, 5.74) is 5.49. The maximum Gasteiger partial charge on any atom is 0.254 e. The van der Waals surface area contributed by atoms with Crippen molar-refractivity contribution >= 4 is 11.6 Å². The Labute approximate surface area is 132 Å². The summed E-state index contributed by atoms with van der Waals surface area (Å²) in [4.78, 5) is 17.1. The zero-order chi connectivity index (χ0) is 15.7. The third-order valence-electron chi connectivity index (χ3n) is 4.23. The summed E-state index contributed by atoms with van der Waals surface area (Å²) in [5.74, 6) is 0.122. The Balaban J connectivity index is 1.91. The highest BCUT2D eigenvalue weighted by molar-refractivity contribution is 5.94. The number of benzene rings is 2. The van der Waals surface area contributed by atoms with E-state index in [0.717, 1.165) is 29.8 Å². The van der Waals surface area contributed by atoms with Crippen LogP contribution in [0.3, 0.4) is 0 Å². The van der Waals surface area contributed by atoms with Gasteiger partial charge in [0.2, 0.25) is 0 Å². The monoisotopic (exact) mass is 294 g/mol. The lowest BCUT2D eigenvalue weighted by atomic mass is 10.1. The highest BCUT2D eigenvalue weighted by atomic mass is 16.2. The molecule has 0 saturated carbocycles. The molecule has 0 bridgehead atoms. The third-order valence-corrected chi connectivity index (χ3v) is 4.23. The molecule has 1 aliphatic rings. The predicted octanol–water partition coefficient (Wildman–Crippen LogP) is 3.40. The number of amides is 1. The molecule has 0 atom stereocenters. The van der Waals surface area contributed by atoms with Crippen molar-refractivity contribution in [3.05, 3.63) is 64.7 Å². The molecule has 114 valence electrons. The summed E-state index contributed by atoms with van der Waals surface area (Å²) in [5, 5.41) is 0. The van der Waals surface area contributed by atoms with E-state index < -0.39 is 0 Å². The Kier molecular flexibility index (Phi) is 3.88. The quantitative estimate of drug-likeness (QED) is 0.805. The first-order chi connectivity index (χ1) is 10.5. The van der Waals surface area contributed by atoms with E-state index in [1.807, 2.05) is 36.9 Å². The fourth-order valence-corrected chi connectivity index (χ4v) is 3.15. The minimum Gasteiger partial charge on any atom is -0.373 e. The molecule has 2 aromatic rings. The van der Waals surface area contributed by atoms with Crippen molar-refractivity contribution in [1.29, 1.82) is 0 Å². The lowest BCUT2D eigenvalue weighted by Crippen LogP contribution is -2.34. The van der Waals surface area contributed by atoms with Crippen LogP contribution in [-0.2, 0) is 6.54 Å². The van der Waals surface area contributed by atoms with Crippen LogP contribution < -0.4 is 4.90 Å². The minimum absolute atomic E-state index is 0.122. The smallest absolute Gasteiger partial charge is 0.254 e. The van der Waals surface area contributed by atoms with Crippen LogP contribution in [0.4, 0.5) is 5.69 Å². The lowest BCUT2D eigenvalue weighted by molar-refractivity contribution is 0.0751. The molecule has 0 saturated heterocycles. The number of hydrogen-bond acceptors (Lipinski definition) is 2. The maximum absolute atomic E-state index is 12.9. The number of fused-ring (bicyclic) bond motifs is 1. The van der Waals surface area contributed by atoms with E-state index in [4.69, 9.17) is 0 Å². The lowest BCUT2D eigenvalue weighted by Gasteiger charge is -2.21. The first kappa shape index (κ1) is 14.6. The molecule has 3 heteroatoms. The van der Waals surface area contributed by atoms with Gasteiger partial charge in [-0.05, 0) is 37.6 Å². The van der Waals surface area contributed by atoms with Gasteiger partial charge >= 0.3 is 0 Å². The van der Waals surface area contributed by atoms with Gasteiger partial charge in [0.25, 0.3) is 5.91 Å². The van der Waals surface area contributed by atoms with E-state index in [1.165, 1.54) is 11.3 Å². The fraction of sp³-hybridized carbons (Fsp3) is 0.316. The Morgan fingerprint density at radius 2 is 1.68 bits per heavy atom. The molecule has 22 heavy (non-hydrogen) atoms. The summed E-state index contributed by atoms with van der Waals surface area (Å²) in [7, 11) is 2.09. The molecule has 0 aliphatic carbocycles. The number of aryl methyl sites for hydroxylation is 2. The molecular weight excluding hydrogens is 272 g/mol. The van der Waals surface area contributed by atoms with Crippen molar-refractivity contribution in [2.75, 3.05) is 25.0 Å². The van der Waals surface area contributed by atoms with Crippen LogP contribution in [0.2, 0.25) is 0 Å². The molecule has 0 spiro atoms. The standard InChI is InChI=1S/C19H22N2O/c1-14-10-15(2)12-17(11-14)19(22)21-9-8-20(3)18-7-5-4-6-16(18)13-21/h4-7,10-12H,8-9,13H2,1-3H3. The summed E-state index contributed by atoms with van der Waals surface area (Å²) in [6, 6.07) is 14.4. The van der Waals surface area contributed by atoms with Gasteiger partial charge in [-0.1, -0.05) is 35.4 Å². The summed E-state index contributed by atoms with van der Waals surface area (Å²) in [6.45, 7) is 6.35. The van der Waals surface area contributed by atoms with Crippen LogP contribution >= 0.6 is 0 Å². The molecule has 0 fully saturated rings. The van der Waals surface area contributed by atoms with E-state index in [2.05, 4.69) is 36.2 Å². The van der Waals surface area contributed by atoms with Crippen molar-refractivity contribution in [3.8, 4) is 0 Å². The Morgan fingerprint density at radius 1 is 1.00 bits per heavy atom. The number of para-hydroxylation sites is 1. The number of rotatable bonds is 1. The Morgan fingerprint density at radius 3 is 2.41 bits per heavy atom. The third kappa shape index (κ3) is 2.84. The molecule has 0 N–H and O–H groups in total. The van der Waals surface area contributed by atoms with Crippen LogP contribution in [0.1, 0.15) is 27.0 Å². The highest BCUT2D eigenvalue weighted by Crippen LogP contribution is 2.24. The van der Waals surface area contributed by atoms with Gasteiger partial charge in [0.15, 0.2) is 0 Å². The van der Waals surface area contributed by atoms with E-state index in [0.29, 0.717) is 6.54 Å². The molecule has 3 nitrogen and oxygen atoms in total. The largest absolute Gasteiger partial charge is 0.373 e. The maximum atomic E-state index is 12.9. The van der Waals surface area contributed by atoms with E-state index in [1.54, 1.807) is 0 Å². The number of anilines is 1. The van der Waals surface area contributed by atoms with Gasteiger partial charge in [-0.3, -0.25) is 4.79 Å². The van der Waals surface area contributed by atoms with Gasteiger partial charge in [-0.2, -0.15) is 0 Å². The van der Waals surface area contributed by atoms with Gasteiger partial charge in [0.1, 0.15) is 0 Å². The number of likely N-dealkylation sites (N-methyl/N-ethyl adjacent to an activating group) is 1. The molecule has 1 aliphatic heterocycles. The first-order valence-corrected chi connectivity index (χ1v) is 7.71. The number of carbonyl (C=O) groups is 1. The second-order valence-electron chi connectivity index (χ2n) is 6.15. The van der Waals surface area contributed by atoms with E-state index in [-0.39, 0.29) is 5.91 Å². The summed E-state index contributed by atoms with van der Waals surface area (Å²) in [6.07, 6.45) is 0. The van der Waals surface area contributed by atoms with Crippen molar-refractivity contribution < 1.29 is 4.79 Å². The van der Waals surface area contributed by atoms with Gasteiger partial charge in [-0.25, -0.2) is 0 Å². The molecule has 1 amide bonds. The second kappa shape index (κ2) is 5.84. The number of carbonyl (C=O) groups excluding carboxylic acids is 1. The van der Waals surface area contributed by atoms with Gasteiger partial charge in [0, 0.05) is 37.9 Å². The predicted molar refractivity (Wildman–Crippen MR) is 90.4 cm³/mol. The van der Waals surface area contributed by atoms with Crippen LogP contribution in [-0.4, -0.2) is 30.9 Å². The van der Waals surface area contributed by atoms with Gasteiger partial charge < -0.3 is 9.80 Å². The molecule has 1 heterocycles. The van der Waals surface area contributed by atoms with Crippen molar-refractivity contribution in [3.63, 3.8) is 0 Å². The summed E-state index contributed by atoms with van der Waals surface area (Å²) >= 11 is 0. The topological polar surface area (TPSA) is 23.6 Å². The van der Waals surface area contributed by atoms with Gasteiger partial charge in [-0.15, -0.1) is 0 Å². The fourth-order valence-electron chi connectivity index (χ4n) is 3.15. The molecule has 3 rings (SSSR count). The Bertz CT molecular complexity index is 688. The zero-order valence-corrected chi connectivity index (χ0v) is 13.5. The number of hydrogen-bond donors (Lipinski definition) is 0. The van der Waals surface area contributed by atoms with Crippen molar-refractivity contribution in [2.24, 2.45) is 0 Å². The van der Waals surface area contributed by atoms with Crippen molar-refractivity contribution in [2.45, 2.75) is 20.4 Å². The average molecular weight is 294 g/mol. The Hall–Kier alpha value is -2.29.